The zero-order valence-electron chi connectivity index (χ0n) is 12.2. The van der Waals surface area contributed by atoms with Crippen molar-refractivity contribution < 1.29 is 4.39 Å². The highest BCUT2D eigenvalue weighted by Gasteiger charge is 2.17. The van der Waals surface area contributed by atoms with Crippen LogP contribution >= 0.6 is 0 Å². The number of halogens is 1. The minimum atomic E-state index is -0.135. The first-order valence-corrected chi connectivity index (χ1v) is 7.61. The zero-order valence-corrected chi connectivity index (χ0v) is 12.2. The molecular weight excluding hydrogens is 237 g/mol. The van der Waals surface area contributed by atoms with Gasteiger partial charge in [-0.1, -0.05) is 38.7 Å². The van der Waals surface area contributed by atoms with E-state index in [1.165, 1.54) is 43.7 Å². The van der Waals surface area contributed by atoms with E-state index in [9.17, 15) is 4.39 Å². The molecular formula is C17H26FN. The third-order valence-corrected chi connectivity index (χ3v) is 4.49. The molecule has 1 nitrogen and oxygen atoms in total. The molecule has 1 aromatic rings. The largest absolute Gasteiger partial charge is 0.313 e. The molecule has 1 aromatic carbocycles. The number of aryl methyl sites for hydroxylation is 1. The Morgan fingerprint density at radius 2 is 1.95 bits per heavy atom. The van der Waals surface area contributed by atoms with E-state index in [1.807, 2.05) is 13.0 Å². The molecule has 0 aromatic heterocycles. The summed E-state index contributed by atoms with van der Waals surface area (Å²) in [6, 6.07) is 5.03. The molecule has 0 saturated heterocycles. The molecule has 1 fully saturated rings. The molecule has 0 radical (unpaired) electrons. The molecule has 0 heterocycles. The number of rotatable bonds is 5. The molecule has 1 N–H and O–H groups in total. The quantitative estimate of drug-likeness (QED) is 0.774. The lowest BCUT2D eigenvalue weighted by molar-refractivity contribution is 0.275. The summed E-state index contributed by atoms with van der Waals surface area (Å²) < 4.78 is 13.2. The van der Waals surface area contributed by atoms with Crippen LogP contribution in [0.1, 0.15) is 50.2 Å². The monoisotopic (exact) mass is 263 g/mol. The van der Waals surface area contributed by atoms with Gasteiger partial charge in [0.25, 0.3) is 0 Å². The molecule has 0 unspecified atom stereocenters. The molecule has 0 atom stereocenters. The van der Waals surface area contributed by atoms with Crippen molar-refractivity contribution in [3.8, 4) is 0 Å². The molecule has 0 bridgehead atoms. The first-order valence-electron chi connectivity index (χ1n) is 7.61. The Morgan fingerprint density at radius 3 is 2.68 bits per heavy atom. The van der Waals surface area contributed by atoms with Crippen LogP contribution in [0.15, 0.2) is 18.2 Å². The van der Waals surface area contributed by atoms with Gasteiger partial charge in [-0.05, 0) is 55.0 Å². The van der Waals surface area contributed by atoms with E-state index in [1.54, 1.807) is 6.07 Å². The van der Waals surface area contributed by atoms with Crippen LogP contribution in [0.25, 0.3) is 0 Å². The van der Waals surface area contributed by atoms with Crippen molar-refractivity contribution in [3.05, 3.63) is 35.1 Å². The predicted octanol–water partition coefficient (Wildman–Crippen LogP) is 4.44. The van der Waals surface area contributed by atoms with Gasteiger partial charge in [0, 0.05) is 6.54 Å². The number of benzene rings is 1. The molecule has 0 spiro atoms. The smallest absolute Gasteiger partial charge is 0.123 e. The fraction of sp³-hybridized carbons (Fsp3) is 0.647. The van der Waals surface area contributed by atoms with Crippen LogP contribution in [-0.4, -0.2) is 6.54 Å². The first kappa shape index (κ1) is 14.5. The van der Waals surface area contributed by atoms with Gasteiger partial charge in [-0.3, -0.25) is 0 Å². The van der Waals surface area contributed by atoms with Crippen LogP contribution in [-0.2, 0) is 6.54 Å². The first-order chi connectivity index (χ1) is 9.15. The van der Waals surface area contributed by atoms with Crippen LogP contribution in [0.4, 0.5) is 4.39 Å². The summed E-state index contributed by atoms with van der Waals surface area (Å²) in [6.45, 7) is 6.24. The third kappa shape index (κ3) is 4.61. The van der Waals surface area contributed by atoms with Crippen LogP contribution < -0.4 is 5.32 Å². The summed E-state index contributed by atoms with van der Waals surface area (Å²) in [5.41, 5.74) is 2.25. The molecule has 0 amide bonds. The van der Waals surface area contributed by atoms with E-state index in [4.69, 9.17) is 0 Å². The summed E-state index contributed by atoms with van der Waals surface area (Å²) in [6.07, 6.45) is 6.84. The van der Waals surface area contributed by atoms with Crippen LogP contribution in [0.3, 0.4) is 0 Å². The van der Waals surface area contributed by atoms with E-state index in [-0.39, 0.29) is 5.82 Å². The maximum Gasteiger partial charge on any atom is 0.123 e. The summed E-state index contributed by atoms with van der Waals surface area (Å²) >= 11 is 0. The molecule has 1 aliphatic carbocycles. The van der Waals surface area contributed by atoms with Crippen molar-refractivity contribution in [2.24, 2.45) is 11.8 Å². The van der Waals surface area contributed by atoms with E-state index in [2.05, 4.69) is 12.2 Å². The average Bonchev–Trinajstić information content (AvgIpc) is 2.40. The third-order valence-electron chi connectivity index (χ3n) is 4.49. The predicted molar refractivity (Wildman–Crippen MR) is 78.6 cm³/mol. The summed E-state index contributed by atoms with van der Waals surface area (Å²) in [5.74, 6) is 1.69. The van der Waals surface area contributed by atoms with Crippen molar-refractivity contribution in [1.29, 1.82) is 0 Å². The van der Waals surface area contributed by atoms with Crippen molar-refractivity contribution in [1.82, 2.24) is 5.32 Å². The Balaban J connectivity index is 1.68. The Morgan fingerprint density at radius 1 is 1.21 bits per heavy atom. The molecule has 1 aliphatic rings. The van der Waals surface area contributed by atoms with Gasteiger partial charge in [0.15, 0.2) is 0 Å². The SMILES string of the molecule is Cc1ccc(F)cc1CNCCC1CCC(C)CC1. The molecule has 106 valence electrons. The number of hydrogen-bond donors (Lipinski definition) is 1. The van der Waals surface area contributed by atoms with Gasteiger partial charge >= 0.3 is 0 Å². The van der Waals surface area contributed by atoms with E-state index in [0.717, 1.165) is 30.5 Å². The lowest BCUT2D eigenvalue weighted by Gasteiger charge is -2.26. The summed E-state index contributed by atoms with van der Waals surface area (Å²) in [4.78, 5) is 0. The Labute approximate surface area is 116 Å². The number of hydrogen-bond acceptors (Lipinski definition) is 1. The van der Waals surface area contributed by atoms with Crippen molar-refractivity contribution in [2.45, 2.75) is 52.5 Å². The number of nitrogens with one attached hydrogen (secondary N) is 1. The summed E-state index contributed by atoms with van der Waals surface area (Å²) in [5, 5.41) is 3.46. The van der Waals surface area contributed by atoms with E-state index >= 15 is 0 Å². The van der Waals surface area contributed by atoms with Gasteiger partial charge in [0.2, 0.25) is 0 Å². The minimum absolute atomic E-state index is 0.135. The maximum atomic E-state index is 13.2. The van der Waals surface area contributed by atoms with Gasteiger partial charge in [-0.15, -0.1) is 0 Å². The van der Waals surface area contributed by atoms with Crippen LogP contribution in [0, 0.1) is 24.6 Å². The van der Waals surface area contributed by atoms with Crippen molar-refractivity contribution in [2.75, 3.05) is 6.54 Å². The van der Waals surface area contributed by atoms with Gasteiger partial charge < -0.3 is 5.32 Å². The molecule has 0 aliphatic heterocycles. The normalized spacial score (nSPS) is 23.5. The lowest BCUT2D eigenvalue weighted by atomic mass is 9.81. The van der Waals surface area contributed by atoms with E-state index < -0.39 is 0 Å². The zero-order chi connectivity index (χ0) is 13.7. The highest BCUT2D eigenvalue weighted by molar-refractivity contribution is 5.26. The summed E-state index contributed by atoms with van der Waals surface area (Å²) in [7, 11) is 0. The van der Waals surface area contributed by atoms with Gasteiger partial charge in [-0.25, -0.2) is 4.39 Å². The standard InChI is InChI=1S/C17H26FN/c1-13-3-6-15(7-4-13)9-10-19-12-16-11-17(18)8-5-14(16)2/h5,8,11,13,15,19H,3-4,6-7,9-10,12H2,1-2H3. The fourth-order valence-corrected chi connectivity index (χ4v) is 2.98. The van der Waals surface area contributed by atoms with Gasteiger partial charge in [0.1, 0.15) is 5.82 Å². The highest BCUT2D eigenvalue weighted by Crippen LogP contribution is 2.29. The second-order valence-corrected chi connectivity index (χ2v) is 6.16. The molecule has 19 heavy (non-hydrogen) atoms. The van der Waals surface area contributed by atoms with Crippen LogP contribution in [0.2, 0.25) is 0 Å². The topological polar surface area (TPSA) is 12.0 Å². The van der Waals surface area contributed by atoms with Gasteiger partial charge in [-0.2, -0.15) is 0 Å². The Kier molecular flexibility index (Phi) is 5.38. The second kappa shape index (κ2) is 7.04. The fourth-order valence-electron chi connectivity index (χ4n) is 2.98. The Hall–Kier alpha value is -0.890. The van der Waals surface area contributed by atoms with Crippen molar-refractivity contribution in [3.63, 3.8) is 0 Å². The van der Waals surface area contributed by atoms with Gasteiger partial charge in [0.05, 0.1) is 0 Å². The molecule has 2 rings (SSSR count). The molecule has 2 heteroatoms. The van der Waals surface area contributed by atoms with Crippen molar-refractivity contribution >= 4 is 0 Å². The minimum Gasteiger partial charge on any atom is -0.313 e. The maximum absolute atomic E-state index is 13.2. The van der Waals surface area contributed by atoms with Crippen LogP contribution in [0.5, 0.6) is 0 Å². The second-order valence-electron chi connectivity index (χ2n) is 6.16. The van der Waals surface area contributed by atoms with E-state index in [0.29, 0.717) is 0 Å². The molecule has 1 saturated carbocycles. The Bertz CT molecular complexity index is 394. The average molecular weight is 263 g/mol. The highest BCUT2D eigenvalue weighted by atomic mass is 19.1. The lowest BCUT2D eigenvalue weighted by Crippen LogP contribution is -2.21.